The van der Waals surface area contributed by atoms with Gasteiger partial charge in [-0.2, -0.15) is 0 Å². The highest BCUT2D eigenvalue weighted by Crippen LogP contribution is 2.07. The minimum absolute atomic E-state index is 0. The van der Waals surface area contributed by atoms with Crippen LogP contribution in [0.4, 0.5) is 0 Å². The third kappa shape index (κ3) is 9.95. The number of carbonyl (C=O) groups is 2. The van der Waals surface area contributed by atoms with Crippen molar-refractivity contribution < 1.29 is 9.59 Å². The number of nitrogens with one attached hydrogen (secondary N) is 2. The van der Waals surface area contributed by atoms with Crippen molar-refractivity contribution in [3.63, 3.8) is 0 Å². The molecule has 1 fully saturated rings. The van der Waals surface area contributed by atoms with E-state index in [2.05, 4.69) is 15.5 Å². The van der Waals surface area contributed by atoms with Crippen LogP contribution in [0.25, 0.3) is 0 Å². The molecule has 19 heavy (non-hydrogen) atoms. The Morgan fingerprint density at radius 1 is 1.00 bits per heavy atom. The van der Waals surface area contributed by atoms with Crippen molar-refractivity contribution in [3.05, 3.63) is 0 Å². The van der Waals surface area contributed by atoms with E-state index in [9.17, 15) is 9.59 Å². The molecule has 0 aromatic heterocycles. The quantitative estimate of drug-likeness (QED) is 0.617. The van der Waals surface area contributed by atoms with Gasteiger partial charge in [-0.25, -0.2) is 0 Å². The molecule has 1 rings (SSSR count). The van der Waals surface area contributed by atoms with Crippen LogP contribution in [-0.4, -0.2) is 56.0 Å². The predicted octanol–water partition coefficient (Wildman–Crippen LogP) is -0.493. The average Bonchev–Trinajstić information content (AvgIpc) is 2.37. The first kappa shape index (κ1) is 20.8. The van der Waals surface area contributed by atoms with Gasteiger partial charge in [0.25, 0.3) is 0 Å². The summed E-state index contributed by atoms with van der Waals surface area (Å²) in [7, 11) is 0. The highest BCUT2D eigenvalue weighted by atomic mass is 35.5. The normalized spacial score (nSPS) is 14.8. The molecule has 1 heterocycles. The van der Waals surface area contributed by atoms with Crippen molar-refractivity contribution in [2.75, 3.05) is 39.3 Å². The van der Waals surface area contributed by atoms with Gasteiger partial charge in [0.1, 0.15) is 0 Å². The van der Waals surface area contributed by atoms with Crippen molar-refractivity contribution in [1.29, 1.82) is 0 Å². The molecular formula is C11H24Cl2N4O2. The highest BCUT2D eigenvalue weighted by Gasteiger charge is 2.09. The fourth-order valence-corrected chi connectivity index (χ4v) is 1.85. The second-order valence-corrected chi connectivity index (χ2v) is 4.23. The topological polar surface area (TPSA) is 87.5 Å². The fourth-order valence-electron chi connectivity index (χ4n) is 1.85. The summed E-state index contributed by atoms with van der Waals surface area (Å²) in [5.41, 5.74) is 5.11. The minimum Gasteiger partial charge on any atom is -0.353 e. The van der Waals surface area contributed by atoms with Gasteiger partial charge in [-0.1, -0.05) is 6.42 Å². The Morgan fingerprint density at radius 3 is 2.21 bits per heavy atom. The van der Waals surface area contributed by atoms with Crippen LogP contribution in [-0.2, 0) is 9.59 Å². The summed E-state index contributed by atoms with van der Waals surface area (Å²) < 4.78 is 0. The van der Waals surface area contributed by atoms with E-state index in [1.54, 1.807) is 0 Å². The molecule has 114 valence electrons. The zero-order valence-corrected chi connectivity index (χ0v) is 12.7. The van der Waals surface area contributed by atoms with Gasteiger partial charge in [0.05, 0.1) is 13.1 Å². The molecule has 0 aromatic carbocycles. The number of nitrogens with two attached hydrogens (primary N) is 1. The van der Waals surface area contributed by atoms with Gasteiger partial charge in [0.2, 0.25) is 11.8 Å². The van der Waals surface area contributed by atoms with Gasteiger partial charge in [0.15, 0.2) is 0 Å². The van der Waals surface area contributed by atoms with Gasteiger partial charge in [0, 0.05) is 13.1 Å². The second-order valence-electron chi connectivity index (χ2n) is 4.23. The standard InChI is InChI=1S/C11H22N4O2.2ClH/c12-8-10(16)14-9-11(17)13-4-7-15-5-2-1-3-6-15;;/h1-9,12H2,(H,13,17)(H,14,16);2*1H. The largest absolute Gasteiger partial charge is 0.353 e. The maximum atomic E-state index is 11.3. The molecule has 0 unspecified atom stereocenters. The summed E-state index contributed by atoms with van der Waals surface area (Å²) in [4.78, 5) is 24.5. The molecular weight excluding hydrogens is 291 g/mol. The number of piperidine rings is 1. The van der Waals surface area contributed by atoms with Crippen LogP contribution in [0.15, 0.2) is 0 Å². The van der Waals surface area contributed by atoms with E-state index < -0.39 is 0 Å². The molecule has 2 amide bonds. The third-order valence-electron chi connectivity index (χ3n) is 2.83. The number of carbonyl (C=O) groups excluding carboxylic acids is 2. The fraction of sp³-hybridized carbons (Fsp3) is 0.818. The highest BCUT2D eigenvalue weighted by molar-refractivity contribution is 5.86. The van der Waals surface area contributed by atoms with Crippen LogP contribution in [0.1, 0.15) is 19.3 Å². The number of hydrogen-bond donors (Lipinski definition) is 3. The van der Waals surface area contributed by atoms with E-state index in [1.807, 2.05) is 0 Å². The lowest BCUT2D eigenvalue weighted by atomic mass is 10.1. The van der Waals surface area contributed by atoms with Gasteiger partial charge >= 0.3 is 0 Å². The van der Waals surface area contributed by atoms with Crippen LogP contribution in [0.3, 0.4) is 0 Å². The second kappa shape index (κ2) is 12.5. The van der Waals surface area contributed by atoms with E-state index in [4.69, 9.17) is 5.73 Å². The summed E-state index contributed by atoms with van der Waals surface area (Å²) >= 11 is 0. The summed E-state index contributed by atoms with van der Waals surface area (Å²) in [6.45, 7) is 3.70. The number of amides is 2. The van der Waals surface area contributed by atoms with E-state index in [0.717, 1.165) is 19.6 Å². The number of hydrogen-bond acceptors (Lipinski definition) is 4. The van der Waals surface area contributed by atoms with Crippen molar-refractivity contribution >= 4 is 36.6 Å². The van der Waals surface area contributed by atoms with Crippen molar-refractivity contribution in [1.82, 2.24) is 15.5 Å². The Labute approximate surface area is 126 Å². The van der Waals surface area contributed by atoms with Crippen molar-refractivity contribution in [2.45, 2.75) is 19.3 Å². The Balaban J connectivity index is 0. The molecule has 6 nitrogen and oxygen atoms in total. The van der Waals surface area contributed by atoms with Gasteiger partial charge < -0.3 is 21.3 Å². The van der Waals surface area contributed by atoms with Crippen molar-refractivity contribution in [3.8, 4) is 0 Å². The van der Waals surface area contributed by atoms with Crippen LogP contribution in [0, 0.1) is 0 Å². The molecule has 0 aliphatic carbocycles. The zero-order valence-electron chi connectivity index (χ0n) is 11.0. The molecule has 0 bridgehead atoms. The molecule has 0 aromatic rings. The van der Waals surface area contributed by atoms with E-state index in [-0.39, 0.29) is 49.7 Å². The van der Waals surface area contributed by atoms with Crippen LogP contribution in [0.5, 0.6) is 0 Å². The first-order valence-electron chi connectivity index (χ1n) is 6.18. The molecule has 4 N–H and O–H groups in total. The third-order valence-corrected chi connectivity index (χ3v) is 2.83. The molecule has 1 saturated heterocycles. The smallest absolute Gasteiger partial charge is 0.239 e. The maximum absolute atomic E-state index is 11.3. The lowest BCUT2D eigenvalue weighted by molar-refractivity contribution is -0.125. The number of rotatable bonds is 6. The van der Waals surface area contributed by atoms with E-state index in [1.165, 1.54) is 19.3 Å². The molecule has 0 radical (unpaired) electrons. The van der Waals surface area contributed by atoms with Gasteiger partial charge in [-0.15, -0.1) is 24.8 Å². The average molecular weight is 315 g/mol. The van der Waals surface area contributed by atoms with Crippen LogP contribution < -0.4 is 16.4 Å². The molecule has 0 atom stereocenters. The number of likely N-dealkylation sites (tertiary alicyclic amines) is 1. The maximum Gasteiger partial charge on any atom is 0.239 e. The molecule has 0 spiro atoms. The minimum atomic E-state index is -0.309. The lowest BCUT2D eigenvalue weighted by Gasteiger charge is -2.26. The molecule has 8 heteroatoms. The van der Waals surface area contributed by atoms with E-state index >= 15 is 0 Å². The Kier molecular flexibility index (Phi) is 13.6. The SMILES string of the molecule is Cl.Cl.NCC(=O)NCC(=O)NCCN1CCCCC1. The van der Waals surface area contributed by atoms with E-state index in [0.29, 0.717) is 6.54 Å². The number of halogens is 2. The molecule has 1 aliphatic heterocycles. The number of nitrogens with zero attached hydrogens (tertiary/aromatic N) is 1. The molecule has 0 saturated carbocycles. The predicted molar refractivity (Wildman–Crippen MR) is 79.9 cm³/mol. The monoisotopic (exact) mass is 314 g/mol. The van der Waals surface area contributed by atoms with Gasteiger partial charge in [-0.05, 0) is 25.9 Å². The summed E-state index contributed by atoms with van der Waals surface area (Å²) in [5.74, 6) is -0.472. The zero-order chi connectivity index (χ0) is 12.5. The summed E-state index contributed by atoms with van der Waals surface area (Å²) in [5, 5.41) is 5.20. The summed E-state index contributed by atoms with van der Waals surface area (Å²) in [6.07, 6.45) is 3.81. The van der Waals surface area contributed by atoms with Crippen molar-refractivity contribution in [2.24, 2.45) is 5.73 Å². The van der Waals surface area contributed by atoms with Crippen LogP contribution in [0.2, 0.25) is 0 Å². The molecule has 1 aliphatic rings. The first-order chi connectivity index (χ1) is 8.22. The summed E-state index contributed by atoms with van der Waals surface area (Å²) in [6, 6.07) is 0. The lowest BCUT2D eigenvalue weighted by Crippen LogP contribution is -2.42. The van der Waals surface area contributed by atoms with Crippen LogP contribution >= 0.6 is 24.8 Å². The van der Waals surface area contributed by atoms with Gasteiger partial charge in [-0.3, -0.25) is 9.59 Å². The Morgan fingerprint density at radius 2 is 1.63 bits per heavy atom. The first-order valence-corrected chi connectivity index (χ1v) is 6.18. The Bertz CT molecular complexity index is 261. The Hall–Kier alpha value is -0.560.